The van der Waals surface area contributed by atoms with Gasteiger partial charge in [-0.25, -0.2) is 9.97 Å². The summed E-state index contributed by atoms with van der Waals surface area (Å²) in [7, 11) is 0. The number of hydrogen-bond donors (Lipinski definition) is 0. The number of thiophene rings is 2. The van der Waals surface area contributed by atoms with Gasteiger partial charge in [0.25, 0.3) is 0 Å². The predicted molar refractivity (Wildman–Crippen MR) is 78.4 cm³/mol. The first kappa shape index (κ1) is 10.9. The number of nitrogens with zero attached hydrogens (tertiary/aromatic N) is 2. The topological polar surface area (TPSA) is 38.9 Å². The van der Waals surface area contributed by atoms with Gasteiger partial charge in [-0.15, -0.1) is 22.7 Å². The lowest BCUT2D eigenvalue weighted by atomic mass is 10.2. The van der Waals surface area contributed by atoms with Gasteiger partial charge in [0.2, 0.25) is 0 Å². The van der Waals surface area contributed by atoms with Gasteiger partial charge in [0.05, 0.1) is 9.75 Å². The van der Waals surface area contributed by atoms with Crippen LogP contribution >= 0.6 is 22.7 Å². The zero-order valence-electron chi connectivity index (χ0n) is 9.74. The summed E-state index contributed by atoms with van der Waals surface area (Å²) < 4.78 is 5.19. The van der Waals surface area contributed by atoms with E-state index in [1.54, 1.807) is 35.2 Å². The molecule has 0 aliphatic carbocycles. The van der Waals surface area contributed by atoms with Crippen LogP contribution in [0.4, 0.5) is 0 Å². The van der Waals surface area contributed by atoms with Crippen LogP contribution in [0.5, 0.6) is 0 Å². The van der Waals surface area contributed by atoms with E-state index in [-0.39, 0.29) is 0 Å². The maximum absolute atomic E-state index is 5.19. The zero-order chi connectivity index (χ0) is 12.7. The summed E-state index contributed by atoms with van der Waals surface area (Å²) in [5.74, 6) is 0. The third-order valence-electron chi connectivity index (χ3n) is 2.82. The first-order valence-corrected chi connectivity index (χ1v) is 7.49. The van der Waals surface area contributed by atoms with E-state index >= 15 is 0 Å². The molecular formula is C14H8N2OS2. The molecule has 0 spiro atoms. The monoisotopic (exact) mass is 284 g/mol. The lowest BCUT2D eigenvalue weighted by molar-refractivity contribution is 0.571. The summed E-state index contributed by atoms with van der Waals surface area (Å²) in [6.07, 6.45) is 3.27. The predicted octanol–water partition coefficient (Wildman–Crippen LogP) is 4.68. The Morgan fingerprint density at radius 3 is 1.74 bits per heavy atom. The molecule has 0 unspecified atom stereocenters. The van der Waals surface area contributed by atoms with Gasteiger partial charge in [0, 0.05) is 0 Å². The minimum atomic E-state index is 0.795. The quantitative estimate of drug-likeness (QED) is 0.536. The Balaban J connectivity index is 2.06. The average molecular weight is 284 g/mol. The van der Waals surface area contributed by atoms with Crippen molar-refractivity contribution in [2.24, 2.45) is 0 Å². The Bertz CT molecular complexity index is 748. The molecule has 4 aromatic heterocycles. The van der Waals surface area contributed by atoms with Crippen molar-refractivity contribution in [2.75, 3.05) is 0 Å². The van der Waals surface area contributed by atoms with Gasteiger partial charge >= 0.3 is 0 Å². The lowest BCUT2D eigenvalue weighted by Crippen LogP contribution is -1.90. The third-order valence-corrected chi connectivity index (χ3v) is 4.57. The maximum Gasteiger partial charge on any atom is 0.128 e. The highest BCUT2D eigenvalue weighted by Crippen LogP contribution is 2.35. The molecule has 0 aliphatic heterocycles. The van der Waals surface area contributed by atoms with Gasteiger partial charge in [-0.2, -0.15) is 0 Å². The van der Waals surface area contributed by atoms with E-state index in [1.165, 1.54) is 0 Å². The molecule has 4 rings (SSSR count). The van der Waals surface area contributed by atoms with Crippen LogP contribution in [-0.4, -0.2) is 9.97 Å². The van der Waals surface area contributed by atoms with E-state index < -0.39 is 0 Å². The van der Waals surface area contributed by atoms with Crippen molar-refractivity contribution in [3.05, 3.63) is 47.6 Å². The van der Waals surface area contributed by atoms with Crippen molar-refractivity contribution in [1.29, 1.82) is 0 Å². The molecule has 4 aromatic rings. The Morgan fingerprint density at radius 2 is 1.32 bits per heavy atom. The number of fused-ring (bicyclic) bond motifs is 1. The van der Waals surface area contributed by atoms with Crippen molar-refractivity contribution in [3.63, 3.8) is 0 Å². The molecule has 0 saturated heterocycles. The summed E-state index contributed by atoms with van der Waals surface area (Å²) in [5.41, 5.74) is 3.44. The fourth-order valence-electron chi connectivity index (χ4n) is 1.97. The fraction of sp³-hybridized carbons (Fsp3) is 0. The molecule has 4 heterocycles. The fourth-order valence-corrected chi connectivity index (χ4v) is 3.40. The lowest BCUT2D eigenvalue weighted by Gasteiger charge is -2.04. The minimum Gasteiger partial charge on any atom is -0.468 e. The Labute approximate surface area is 117 Å². The van der Waals surface area contributed by atoms with Crippen LogP contribution in [0.3, 0.4) is 0 Å². The minimum absolute atomic E-state index is 0.795. The van der Waals surface area contributed by atoms with Crippen LogP contribution in [0.25, 0.3) is 32.2 Å². The summed E-state index contributed by atoms with van der Waals surface area (Å²) >= 11 is 3.34. The smallest absolute Gasteiger partial charge is 0.128 e. The molecule has 0 amide bonds. The number of furan rings is 1. The highest BCUT2D eigenvalue weighted by atomic mass is 32.1. The number of hydrogen-bond acceptors (Lipinski definition) is 5. The second-order valence-corrected chi connectivity index (χ2v) is 5.91. The molecule has 0 aromatic carbocycles. The van der Waals surface area contributed by atoms with Crippen LogP contribution in [0, 0.1) is 0 Å². The molecular weight excluding hydrogens is 276 g/mol. The van der Waals surface area contributed by atoms with Crippen molar-refractivity contribution in [1.82, 2.24) is 9.97 Å². The number of aromatic nitrogens is 2. The normalized spacial score (nSPS) is 11.2. The molecule has 5 heteroatoms. The molecule has 0 saturated carbocycles. The molecule has 0 fully saturated rings. The van der Waals surface area contributed by atoms with Crippen molar-refractivity contribution in [3.8, 4) is 21.1 Å². The molecule has 0 radical (unpaired) electrons. The summed E-state index contributed by atoms with van der Waals surface area (Å²) in [5, 5.41) is 4.10. The third kappa shape index (κ3) is 1.78. The van der Waals surface area contributed by atoms with Gasteiger partial charge < -0.3 is 4.42 Å². The second kappa shape index (κ2) is 4.29. The molecule has 0 atom stereocenters. The summed E-state index contributed by atoms with van der Waals surface area (Å²) in [6.45, 7) is 0. The first-order chi connectivity index (χ1) is 9.42. The van der Waals surface area contributed by atoms with Gasteiger partial charge in [-0.3, -0.25) is 0 Å². The largest absolute Gasteiger partial charge is 0.468 e. The van der Waals surface area contributed by atoms with Crippen molar-refractivity contribution in [2.45, 2.75) is 0 Å². The zero-order valence-corrected chi connectivity index (χ0v) is 11.4. The Kier molecular flexibility index (Phi) is 2.46. The summed E-state index contributed by atoms with van der Waals surface area (Å²) in [6, 6.07) is 8.19. The molecule has 0 aliphatic rings. The standard InChI is InChI=1S/C14H8N2OS2/c1-3-11(18-5-1)13-14(12-4-2-6-19-12)16-10-8-17-7-9(10)15-13/h1-8H. The average Bonchev–Trinajstić information content (AvgIpc) is 3.18. The van der Waals surface area contributed by atoms with Crippen LogP contribution in [0.15, 0.2) is 52.0 Å². The van der Waals surface area contributed by atoms with Crippen LogP contribution < -0.4 is 0 Å². The molecule has 3 nitrogen and oxygen atoms in total. The highest BCUT2D eigenvalue weighted by molar-refractivity contribution is 7.14. The SMILES string of the molecule is c1csc(-c2nc3cocc3nc2-c2cccs2)c1. The van der Waals surface area contributed by atoms with Gasteiger partial charge in [-0.1, -0.05) is 12.1 Å². The highest BCUT2D eigenvalue weighted by Gasteiger charge is 2.15. The van der Waals surface area contributed by atoms with Gasteiger partial charge in [-0.05, 0) is 22.9 Å². The van der Waals surface area contributed by atoms with Crippen LogP contribution in [0.2, 0.25) is 0 Å². The Morgan fingerprint density at radius 1 is 0.789 bits per heavy atom. The molecule has 92 valence electrons. The Hall–Kier alpha value is -1.98. The van der Waals surface area contributed by atoms with Gasteiger partial charge in [0.15, 0.2) is 0 Å². The van der Waals surface area contributed by atoms with E-state index in [0.29, 0.717) is 0 Å². The first-order valence-electron chi connectivity index (χ1n) is 5.73. The summed E-state index contributed by atoms with van der Waals surface area (Å²) in [4.78, 5) is 11.6. The number of rotatable bonds is 2. The van der Waals surface area contributed by atoms with E-state index in [4.69, 9.17) is 14.4 Å². The van der Waals surface area contributed by atoms with E-state index in [2.05, 4.69) is 22.9 Å². The molecule has 19 heavy (non-hydrogen) atoms. The van der Waals surface area contributed by atoms with E-state index in [1.807, 2.05) is 12.1 Å². The van der Waals surface area contributed by atoms with E-state index in [9.17, 15) is 0 Å². The van der Waals surface area contributed by atoms with Crippen molar-refractivity contribution < 1.29 is 4.42 Å². The second-order valence-electron chi connectivity index (χ2n) is 4.02. The molecule has 0 N–H and O–H groups in total. The molecule has 0 bridgehead atoms. The van der Waals surface area contributed by atoms with Crippen LogP contribution in [-0.2, 0) is 0 Å². The van der Waals surface area contributed by atoms with Crippen LogP contribution in [0.1, 0.15) is 0 Å². The van der Waals surface area contributed by atoms with Crippen molar-refractivity contribution >= 4 is 33.7 Å². The maximum atomic E-state index is 5.19. The van der Waals surface area contributed by atoms with Gasteiger partial charge in [0.1, 0.15) is 34.9 Å². The van der Waals surface area contributed by atoms with E-state index in [0.717, 1.165) is 32.2 Å².